The van der Waals surface area contributed by atoms with Gasteiger partial charge >= 0.3 is 0 Å². The summed E-state index contributed by atoms with van der Waals surface area (Å²) in [7, 11) is -3.76. The van der Waals surface area contributed by atoms with Gasteiger partial charge in [-0.05, 0) is 29.6 Å². The minimum Gasteiger partial charge on any atom is -0.398 e. The number of nitrogens with one attached hydrogen (secondary N) is 1. The van der Waals surface area contributed by atoms with E-state index in [1.807, 2.05) is 16.8 Å². The number of nitrogens with two attached hydrogens (primary N) is 2. The van der Waals surface area contributed by atoms with E-state index in [0.717, 1.165) is 5.69 Å². The van der Waals surface area contributed by atoms with Gasteiger partial charge in [0.05, 0.1) is 5.69 Å². The van der Waals surface area contributed by atoms with Crippen LogP contribution in [0.4, 0.5) is 17.1 Å². The molecule has 0 amide bonds. The fourth-order valence-electron chi connectivity index (χ4n) is 1.39. The molecule has 90 valence electrons. The van der Waals surface area contributed by atoms with Gasteiger partial charge in [0, 0.05) is 16.8 Å². The van der Waals surface area contributed by atoms with Gasteiger partial charge in [-0.1, -0.05) is 0 Å². The van der Waals surface area contributed by atoms with Crippen LogP contribution in [0.15, 0.2) is 39.9 Å². The molecule has 5 nitrogen and oxygen atoms in total. The summed E-state index contributed by atoms with van der Waals surface area (Å²) in [5, 5.41) is 12.0. The number of benzene rings is 1. The average molecular weight is 269 g/mol. The van der Waals surface area contributed by atoms with Gasteiger partial charge in [-0.2, -0.15) is 11.3 Å². The largest absolute Gasteiger partial charge is 0.398 e. The zero-order valence-corrected chi connectivity index (χ0v) is 10.4. The Hall–Kier alpha value is -1.57. The van der Waals surface area contributed by atoms with E-state index in [-0.39, 0.29) is 10.6 Å². The second-order valence-corrected chi connectivity index (χ2v) is 5.74. The van der Waals surface area contributed by atoms with Gasteiger partial charge in [-0.25, -0.2) is 13.6 Å². The predicted molar refractivity (Wildman–Crippen MR) is 69.8 cm³/mol. The molecule has 0 atom stereocenters. The number of sulfonamides is 1. The lowest BCUT2D eigenvalue weighted by atomic mass is 10.3. The molecule has 0 aliphatic heterocycles. The van der Waals surface area contributed by atoms with Crippen LogP contribution < -0.4 is 16.2 Å². The zero-order chi connectivity index (χ0) is 12.5. The lowest BCUT2D eigenvalue weighted by Gasteiger charge is -2.07. The monoisotopic (exact) mass is 269 g/mol. The van der Waals surface area contributed by atoms with Crippen molar-refractivity contribution in [3.63, 3.8) is 0 Å². The molecule has 0 fully saturated rings. The quantitative estimate of drug-likeness (QED) is 0.739. The first-order chi connectivity index (χ1) is 7.97. The first kappa shape index (κ1) is 11.9. The number of anilines is 3. The Bertz CT molecular complexity index is 621. The van der Waals surface area contributed by atoms with E-state index in [0.29, 0.717) is 5.69 Å². The average Bonchev–Trinajstić information content (AvgIpc) is 2.68. The Labute approximate surface area is 103 Å². The fraction of sp³-hybridized carbons (Fsp3) is 0. The van der Waals surface area contributed by atoms with E-state index in [1.165, 1.54) is 12.1 Å². The van der Waals surface area contributed by atoms with Crippen molar-refractivity contribution in [2.75, 3.05) is 11.1 Å². The van der Waals surface area contributed by atoms with Gasteiger partial charge in [0.2, 0.25) is 10.0 Å². The van der Waals surface area contributed by atoms with Crippen molar-refractivity contribution in [3.8, 4) is 0 Å². The molecule has 2 rings (SSSR count). The smallest absolute Gasteiger partial charge is 0.240 e. The van der Waals surface area contributed by atoms with Crippen molar-refractivity contribution in [3.05, 3.63) is 35.0 Å². The van der Waals surface area contributed by atoms with Crippen molar-refractivity contribution < 1.29 is 8.42 Å². The molecule has 0 aliphatic carbocycles. The maximum atomic E-state index is 11.2. The number of primary sulfonamides is 1. The molecule has 1 heterocycles. The van der Waals surface area contributed by atoms with Gasteiger partial charge in [-0.15, -0.1) is 0 Å². The molecule has 1 aromatic heterocycles. The molecule has 5 N–H and O–H groups in total. The molecule has 0 aliphatic rings. The van der Waals surface area contributed by atoms with Crippen molar-refractivity contribution in [1.29, 1.82) is 0 Å². The van der Waals surface area contributed by atoms with Gasteiger partial charge in [0.1, 0.15) is 4.90 Å². The Morgan fingerprint density at radius 1 is 1.18 bits per heavy atom. The molecule has 0 saturated carbocycles. The molecular formula is C10H11N3O2S2. The molecule has 0 spiro atoms. The molecule has 2 aromatic rings. The van der Waals surface area contributed by atoms with Crippen LogP contribution in [-0.4, -0.2) is 8.42 Å². The minimum absolute atomic E-state index is 0.0617. The lowest BCUT2D eigenvalue weighted by Crippen LogP contribution is -2.14. The summed E-state index contributed by atoms with van der Waals surface area (Å²) < 4.78 is 22.3. The van der Waals surface area contributed by atoms with Crippen LogP contribution in [0.5, 0.6) is 0 Å². The van der Waals surface area contributed by atoms with Crippen molar-refractivity contribution in [2.45, 2.75) is 4.90 Å². The number of hydrogen-bond donors (Lipinski definition) is 3. The summed E-state index contributed by atoms with van der Waals surface area (Å²) >= 11 is 1.56. The molecule has 0 unspecified atom stereocenters. The Kier molecular flexibility index (Phi) is 3.05. The third kappa shape index (κ3) is 2.76. The van der Waals surface area contributed by atoms with Crippen LogP contribution in [0.1, 0.15) is 0 Å². The summed E-state index contributed by atoms with van der Waals surface area (Å²) in [6.07, 6.45) is 0. The Morgan fingerprint density at radius 3 is 2.47 bits per heavy atom. The number of thiophene rings is 1. The first-order valence-electron chi connectivity index (χ1n) is 4.68. The maximum absolute atomic E-state index is 11.2. The summed E-state index contributed by atoms with van der Waals surface area (Å²) in [4.78, 5) is -0.0617. The van der Waals surface area contributed by atoms with Crippen LogP contribution in [0.2, 0.25) is 0 Å². The normalized spacial score (nSPS) is 11.4. The third-order valence-corrected chi connectivity index (χ3v) is 3.79. The van der Waals surface area contributed by atoms with Crippen molar-refractivity contribution >= 4 is 38.4 Å². The highest BCUT2D eigenvalue weighted by atomic mass is 32.2. The second kappa shape index (κ2) is 4.36. The summed E-state index contributed by atoms with van der Waals surface area (Å²) in [6, 6.07) is 6.46. The van der Waals surface area contributed by atoms with Gasteiger partial charge in [0.25, 0.3) is 0 Å². The third-order valence-electron chi connectivity index (χ3n) is 2.13. The van der Waals surface area contributed by atoms with Gasteiger partial charge in [0.15, 0.2) is 0 Å². The van der Waals surface area contributed by atoms with E-state index in [1.54, 1.807) is 17.4 Å². The van der Waals surface area contributed by atoms with Crippen molar-refractivity contribution in [2.24, 2.45) is 5.14 Å². The standard InChI is InChI=1S/C10H11N3O2S2/c11-9-5-7(13-8-3-4-16-6-8)1-2-10(9)17(12,14)15/h1-6,13H,11H2,(H2,12,14,15). The summed E-state index contributed by atoms with van der Waals surface area (Å²) in [6.45, 7) is 0. The predicted octanol–water partition coefficient (Wildman–Crippen LogP) is 1.72. The van der Waals surface area contributed by atoms with Gasteiger partial charge < -0.3 is 11.1 Å². The molecule has 1 aromatic carbocycles. The van der Waals surface area contributed by atoms with Crippen LogP contribution >= 0.6 is 11.3 Å². The second-order valence-electron chi connectivity index (χ2n) is 3.43. The van der Waals surface area contributed by atoms with Gasteiger partial charge in [-0.3, -0.25) is 0 Å². The highest BCUT2D eigenvalue weighted by Crippen LogP contribution is 2.24. The minimum atomic E-state index is -3.76. The van der Waals surface area contributed by atoms with Crippen LogP contribution in [0.25, 0.3) is 0 Å². The highest BCUT2D eigenvalue weighted by molar-refractivity contribution is 7.89. The van der Waals surface area contributed by atoms with E-state index in [2.05, 4.69) is 5.32 Å². The number of rotatable bonds is 3. The fourth-order valence-corrected chi connectivity index (χ4v) is 2.62. The molecule has 0 bridgehead atoms. The van der Waals surface area contributed by atoms with Crippen molar-refractivity contribution in [1.82, 2.24) is 0 Å². The number of nitrogen functional groups attached to an aromatic ring is 1. The molecule has 0 radical (unpaired) electrons. The Morgan fingerprint density at radius 2 is 1.94 bits per heavy atom. The molecular weight excluding hydrogens is 258 g/mol. The summed E-state index contributed by atoms with van der Waals surface area (Å²) in [5.74, 6) is 0. The molecule has 17 heavy (non-hydrogen) atoms. The number of hydrogen-bond acceptors (Lipinski definition) is 5. The SMILES string of the molecule is Nc1cc(Nc2ccsc2)ccc1S(N)(=O)=O. The molecule has 0 saturated heterocycles. The topological polar surface area (TPSA) is 98.2 Å². The van der Waals surface area contributed by atoms with Crippen LogP contribution in [-0.2, 0) is 10.0 Å². The zero-order valence-electron chi connectivity index (χ0n) is 8.75. The first-order valence-corrected chi connectivity index (χ1v) is 7.17. The summed E-state index contributed by atoms with van der Waals surface area (Å²) in [5.41, 5.74) is 7.42. The van der Waals surface area contributed by atoms with Crippen LogP contribution in [0.3, 0.4) is 0 Å². The maximum Gasteiger partial charge on any atom is 0.240 e. The van der Waals surface area contributed by atoms with E-state index >= 15 is 0 Å². The highest BCUT2D eigenvalue weighted by Gasteiger charge is 2.12. The van der Waals surface area contributed by atoms with E-state index in [4.69, 9.17) is 10.9 Å². The molecule has 7 heteroatoms. The van der Waals surface area contributed by atoms with Crippen LogP contribution in [0, 0.1) is 0 Å². The lowest BCUT2D eigenvalue weighted by molar-refractivity contribution is 0.598. The Balaban J connectivity index is 2.32. The van der Waals surface area contributed by atoms with E-state index in [9.17, 15) is 8.42 Å². The van der Waals surface area contributed by atoms with E-state index < -0.39 is 10.0 Å².